The van der Waals surface area contributed by atoms with Crippen molar-refractivity contribution in [3.05, 3.63) is 47.8 Å². The number of aromatic nitrogens is 2. The molecular formula is C12H6ClFN2O. The van der Waals surface area contributed by atoms with Crippen LogP contribution in [0, 0.1) is 5.82 Å². The van der Waals surface area contributed by atoms with E-state index in [4.69, 9.17) is 16.0 Å². The van der Waals surface area contributed by atoms with Gasteiger partial charge in [-0.2, -0.15) is 0 Å². The number of rotatable bonds is 1. The summed E-state index contributed by atoms with van der Waals surface area (Å²) in [7, 11) is 0. The zero-order valence-electron chi connectivity index (χ0n) is 8.52. The molecule has 5 heteroatoms. The summed E-state index contributed by atoms with van der Waals surface area (Å²) in [5, 5.41) is 0.958. The Morgan fingerprint density at radius 2 is 2.18 bits per heavy atom. The molecule has 0 saturated heterocycles. The van der Waals surface area contributed by atoms with Crippen LogP contribution in [-0.4, -0.2) is 9.97 Å². The lowest BCUT2D eigenvalue weighted by molar-refractivity contribution is 0.568. The van der Waals surface area contributed by atoms with E-state index in [1.807, 2.05) is 0 Å². The Bertz CT molecular complexity index is 696. The van der Waals surface area contributed by atoms with Crippen LogP contribution >= 0.6 is 11.6 Å². The SMILES string of the molecule is Fc1cccc2cc(-c3cncnc3Cl)oc12. The van der Waals surface area contributed by atoms with Gasteiger partial charge in [-0.25, -0.2) is 14.4 Å². The summed E-state index contributed by atoms with van der Waals surface area (Å²) in [6, 6.07) is 6.45. The van der Waals surface area contributed by atoms with Gasteiger partial charge in [0, 0.05) is 11.6 Å². The van der Waals surface area contributed by atoms with Crippen molar-refractivity contribution in [1.29, 1.82) is 0 Å². The second kappa shape index (κ2) is 3.82. The van der Waals surface area contributed by atoms with Crippen molar-refractivity contribution in [3.8, 4) is 11.3 Å². The van der Waals surface area contributed by atoms with E-state index < -0.39 is 5.82 Å². The summed E-state index contributed by atoms with van der Waals surface area (Å²) in [4.78, 5) is 7.71. The molecule has 3 aromatic rings. The van der Waals surface area contributed by atoms with Crippen LogP contribution in [0.4, 0.5) is 4.39 Å². The fourth-order valence-corrected chi connectivity index (χ4v) is 1.83. The quantitative estimate of drug-likeness (QED) is 0.617. The van der Waals surface area contributed by atoms with E-state index in [9.17, 15) is 4.39 Å². The summed E-state index contributed by atoms with van der Waals surface area (Å²) in [5.74, 6) is 0.0532. The first-order valence-electron chi connectivity index (χ1n) is 4.89. The Balaban J connectivity index is 2.26. The third-order valence-electron chi connectivity index (χ3n) is 2.43. The smallest absolute Gasteiger partial charge is 0.170 e. The minimum absolute atomic E-state index is 0.211. The molecule has 0 unspecified atom stereocenters. The molecular weight excluding hydrogens is 243 g/mol. The monoisotopic (exact) mass is 248 g/mol. The number of para-hydroxylation sites is 1. The predicted octanol–water partition coefficient (Wildman–Crippen LogP) is 3.68. The number of hydrogen-bond acceptors (Lipinski definition) is 3. The molecule has 2 aromatic heterocycles. The predicted molar refractivity (Wildman–Crippen MR) is 62.2 cm³/mol. The maximum absolute atomic E-state index is 13.5. The van der Waals surface area contributed by atoms with Gasteiger partial charge in [-0.15, -0.1) is 0 Å². The first kappa shape index (κ1) is 10.2. The molecule has 0 fully saturated rings. The Hall–Kier alpha value is -1.94. The standard InChI is InChI=1S/C12H6ClFN2O/c13-12-8(5-15-6-16-12)10-4-7-2-1-3-9(14)11(7)17-10/h1-6H. The van der Waals surface area contributed by atoms with Crippen LogP contribution in [0.1, 0.15) is 0 Å². The number of halogens is 2. The molecule has 0 saturated carbocycles. The molecule has 3 rings (SSSR count). The highest BCUT2D eigenvalue weighted by Crippen LogP contribution is 2.31. The van der Waals surface area contributed by atoms with Gasteiger partial charge in [0.15, 0.2) is 11.4 Å². The first-order valence-corrected chi connectivity index (χ1v) is 5.27. The van der Waals surface area contributed by atoms with E-state index in [0.717, 1.165) is 0 Å². The second-order valence-electron chi connectivity index (χ2n) is 3.50. The third kappa shape index (κ3) is 1.66. The van der Waals surface area contributed by atoms with Gasteiger partial charge in [0.05, 0.1) is 5.56 Å². The fourth-order valence-electron chi connectivity index (χ4n) is 1.64. The first-order chi connectivity index (χ1) is 8.25. The zero-order chi connectivity index (χ0) is 11.8. The van der Waals surface area contributed by atoms with Gasteiger partial charge < -0.3 is 4.42 Å². The van der Waals surface area contributed by atoms with Crippen LogP contribution in [-0.2, 0) is 0 Å². The summed E-state index contributed by atoms with van der Waals surface area (Å²) in [6.45, 7) is 0. The zero-order valence-corrected chi connectivity index (χ0v) is 9.28. The number of fused-ring (bicyclic) bond motifs is 1. The average Bonchev–Trinajstić information content (AvgIpc) is 2.75. The van der Waals surface area contributed by atoms with Gasteiger partial charge in [-0.05, 0) is 12.1 Å². The molecule has 84 valence electrons. The molecule has 0 aliphatic rings. The Kier molecular flexibility index (Phi) is 2.30. The second-order valence-corrected chi connectivity index (χ2v) is 3.85. The lowest BCUT2D eigenvalue weighted by Gasteiger charge is -1.96. The van der Waals surface area contributed by atoms with Crippen molar-refractivity contribution < 1.29 is 8.81 Å². The lowest BCUT2D eigenvalue weighted by atomic mass is 10.2. The Morgan fingerprint density at radius 3 is 2.94 bits per heavy atom. The minimum Gasteiger partial charge on any atom is -0.453 e. The van der Waals surface area contributed by atoms with Gasteiger partial charge in [0.1, 0.15) is 17.2 Å². The van der Waals surface area contributed by atoms with Crippen LogP contribution in [0.5, 0.6) is 0 Å². The molecule has 0 aliphatic heterocycles. The molecule has 1 aromatic carbocycles. The topological polar surface area (TPSA) is 38.9 Å². The number of benzene rings is 1. The van der Waals surface area contributed by atoms with Crippen LogP contribution < -0.4 is 0 Å². The molecule has 0 N–H and O–H groups in total. The van der Waals surface area contributed by atoms with Crippen molar-refractivity contribution in [2.75, 3.05) is 0 Å². The summed E-state index contributed by atoms with van der Waals surface area (Å²) < 4.78 is 18.9. The number of nitrogens with zero attached hydrogens (tertiary/aromatic N) is 2. The summed E-state index contributed by atoms with van der Waals surface area (Å²) in [5.41, 5.74) is 0.757. The average molecular weight is 249 g/mol. The number of furan rings is 1. The summed E-state index contributed by atoms with van der Waals surface area (Å²) >= 11 is 5.92. The molecule has 0 spiro atoms. The molecule has 0 atom stereocenters. The summed E-state index contributed by atoms with van der Waals surface area (Å²) in [6.07, 6.45) is 2.88. The van der Waals surface area contributed by atoms with Crippen LogP contribution in [0.25, 0.3) is 22.3 Å². The van der Waals surface area contributed by atoms with Crippen LogP contribution in [0.2, 0.25) is 5.15 Å². The Morgan fingerprint density at radius 1 is 1.29 bits per heavy atom. The van der Waals surface area contributed by atoms with Gasteiger partial charge in [0.2, 0.25) is 0 Å². The maximum Gasteiger partial charge on any atom is 0.170 e. The lowest BCUT2D eigenvalue weighted by Crippen LogP contribution is -1.82. The van der Waals surface area contributed by atoms with Crippen LogP contribution in [0.15, 0.2) is 41.2 Å². The van der Waals surface area contributed by atoms with E-state index in [1.165, 1.54) is 18.6 Å². The van der Waals surface area contributed by atoms with Crippen LogP contribution in [0.3, 0.4) is 0 Å². The van der Waals surface area contributed by atoms with Crippen molar-refractivity contribution in [2.24, 2.45) is 0 Å². The van der Waals surface area contributed by atoms with E-state index in [0.29, 0.717) is 16.7 Å². The maximum atomic E-state index is 13.5. The van der Waals surface area contributed by atoms with Gasteiger partial charge in [0.25, 0.3) is 0 Å². The van der Waals surface area contributed by atoms with Gasteiger partial charge >= 0.3 is 0 Å². The number of hydrogen-bond donors (Lipinski definition) is 0. The fraction of sp³-hybridized carbons (Fsp3) is 0. The van der Waals surface area contributed by atoms with E-state index in [1.54, 1.807) is 18.2 Å². The van der Waals surface area contributed by atoms with E-state index >= 15 is 0 Å². The minimum atomic E-state index is -0.401. The normalized spacial score (nSPS) is 10.9. The third-order valence-corrected chi connectivity index (χ3v) is 2.73. The van der Waals surface area contributed by atoms with Crippen molar-refractivity contribution in [1.82, 2.24) is 9.97 Å². The molecule has 0 radical (unpaired) electrons. The molecule has 0 bridgehead atoms. The molecule has 17 heavy (non-hydrogen) atoms. The van der Waals surface area contributed by atoms with Crippen molar-refractivity contribution in [2.45, 2.75) is 0 Å². The Labute approximate surface area is 101 Å². The van der Waals surface area contributed by atoms with E-state index in [2.05, 4.69) is 9.97 Å². The molecule has 2 heterocycles. The van der Waals surface area contributed by atoms with Gasteiger partial charge in [-0.1, -0.05) is 23.7 Å². The van der Waals surface area contributed by atoms with Crippen molar-refractivity contribution >= 4 is 22.6 Å². The molecule has 3 nitrogen and oxygen atoms in total. The van der Waals surface area contributed by atoms with Crippen molar-refractivity contribution in [3.63, 3.8) is 0 Å². The highest BCUT2D eigenvalue weighted by Gasteiger charge is 2.12. The largest absolute Gasteiger partial charge is 0.453 e. The van der Waals surface area contributed by atoms with E-state index in [-0.39, 0.29) is 10.7 Å². The van der Waals surface area contributed by atoms with Gasteiger partial charge in [-0.3, -0.25) is 0 Å². The molecule has 0 aliphatic carbocycles. The highest BCUT2D eigenvalue weighted by atomic mass is 35.5. The highest BCUT2D eigenvalue weighted by molar-refractivity contribution is 6.31. The molecule has 0 amide bonds.